The molecule has 0 bridgehead atoms. The molecule has 2 heterocycles. The fourth-order valence-electron chi connectivity index (χ4n) is 4.18. The lowest BCUT2D eigenvalue weighted by atomic mass is 9.87. The first-order chi connectivity index (χ1) is 14.2. The second-order valence-corrected chi connectivity index (χ2v) is 7.63. The van der Waals surface area contributed by atoms with Gasteiger partial charge in [-0.1, -0.05) is 24.3 Å². The highest BCUT2D eigenvalue weighted by molar-refractivity contribution is 5.94. The summed E-state index contributed by atoms with van der Waals surface area (Å²) < 4.78 is 0. The number of benzene rings is 2. The van der Waals surface area contributed by atoms with E-state index < -0.39 is 0 Å². The number of nitrogens with two attached hydrogens (primary N) is 1. The van der Waals surface area contributed by atoms with E-state index in [0.29, 0.717) is 11.7 Å². The van der Waals surface area contributed by atoms with Crippen molar-refractivity contribution in [2.75, 3.05) is 11.1 Å². The zero-order valence-corrected chi connectivity index (χ0v) is 16.4. The average molecular weight is 381 g/mol. The van der Waals surface area contributed by atoms with Crippen LogP contribution in [0.2, 0.25) is 0 Å². The molecule has 1 atom stereocenters. The zero-order chi connectivity index (χ0) is 19.8. The molecule has 2 aromatic carbocycles. The van der Waals surface area contributed by atoms with Gasteiger partial charge in [0.25, 0.3) is 0 Å². The number of nitrogen functional groups attached to an aromatic ring is 1. The standard InChI is InChI=1S/C24H23N5/c1-15-21(25)11-17(14-28-15)20-12-18(13-23-24(20)27-10-9-26-23)29-22-8-4-6-16-5-2-3-7-19(16)22/h2-3,5,7,9-14,22,29H,4,6,8,25H2,1H3/t22-/m1/s1. The number of aryl methyl sites for hydroxylation is 2. The Morgan fingerprint density at radius 2 is 1.90 bits per heavy atom. The van der Waals surface area contributed by atoms with Crippen LogP contribution in [0.25, 0.3) is 22.2 Å². The summed E-state index contributed by atoms with van der Waals surface area (Å²) in [6.07, 6.45) is 8.76. The molecular formula is C24H23N5. The third-order valence-electron chi connectivity index (χ3n) is 5.72. The molecule has 0 fully saturated rings. The van der Waals surface area contributed by atoms with E-state index in [1.807, 2.05) is 19.2 Å². The van der Waals surface area contributed by atoms with E-state index >= 15 is 0 Å². The molecule has 29 heavy (non-hydrogen) atoms. The summed E-state index contributed by atoms with van der Waals surface area (Å²) in [6.45, 7) is 1.91. The van der Waals surface area contributed by atoms with Gasteiger partial charge in [0.1, 0.15) is 0 Å². The van der Waals surface area contributed by atoms with Crippen LogP contribution in [0.1, 0.15) is 35.7 Å². The number of hydrogen-bond acceptors (Lipinski definition) is 5. The Labute approximate surface area is 170 Å². The second-order valence-electron chi connectivity index (χ2n) is 7.63. The lowest BCUT2D eigenvalue weighted by Gasteiger charge is -2.27. The molecule has 5 rings (SSSR count). The van der Waals surface area contributed by atoms with Gasteiger partial charge in [-0.25, -0.2) is 0 Å². The minimum Gasteiger partial charge on any atom is -0.397 e. The summed E-state index contributed by atoms with van der Waals surface area (Å²) >= 11 is 0. The van der Waals surface area contributed by atoms with E-state index in [2.05, 4.69) is 56.7 Å². The van der Waals surface area contributed by atoms with Crippen LogP contribution in [-0.2, 0) is 6.42 Å². The van der Waals surface area contributed by atoms with Crippen LogP contribution in [0, 0.1) is 6.92 Å². The van der Waals surface area contributed by atoms with Gasteiger partial charge in [0.15, 0.2) is 0 Å². The Morgan fingerprint density at radius 1 is 1.03 bits per heavy atom. The molecule has 144 valence electrons. The van der Waals surface area contributed by atoms with Gasteiger partial charge in [-0.05, 0) is 55.5 Å². The van der Waals surface area contributed by atoms with E-state index in [9.17, 15) is 0 Å². The average Bonchev–Trinajstić information content (AvgIpc) is 2.75. The third kappa shape index (κ3) is 3.29. The summed E-state index contributed by atoms with van der Waals surface area (Å²) in [6, 6.07) is 15.2. The van der Waals surface area contributed by atoms with Gasteiger partial charge in [0.05, 0.1) is 28.5 Å². The van der Waals surface area contributed by atoms with E-state index in [-0.39, 0.29) is 0 Å². The summed E-state index contributed by atoms with van der Waals surface area (Å²) in [4.78, 5) is 13.6. The highest BCUT2D eigenvalue weighted by atomic mass is 14.9. The lowest BCUT2D eigenvalue weighted by molar-refractivity contribution is 0.600. The number of pyridine rings is 1. The molecule has 1 aliphatic carbocycles. The largest absolute Gasteiger partial charge is 0.397 e. The minimum absolute atomic E-state index is 0.295. The molecule has 0 aliphatic heterocycles. The van der Waals surface area contributed by atoms with Crippen molar-refractivity contribution in [3.63, 3.8) is 0 Å². The number of anilines is 2. The molecule has 3 N–H and O–H groups in total. The topological polar surface area (TPSA) is 76.7 Å². The van der Waals surface area contributed by atoms with Gasteiger partial charge in [-0.15, -0.1) is 0 Å². The van der Waals surface area contributed by atoms with Gasteiger partial charge in [-0.3, -0.25) is 15.0 Å². The van der Waals surface area contributed by atoms with Crippen LogP contribution in [0.4, 0.5) is 11.4 Å². The normalized spacial score (nSPS) is 15.8. The molecule has 5 nitrogen and oxygen atoms in total. The van der Waals surface area contributed by atoms with Gasteiger partial charge in [0.2, 0.25) is 0 Å². The summed E-state index contributed by atoms with van der Waals surface area (Å²) in [7, 11) is 0. The number of nitrogens with one attached hydrogen (secondary N) is 1. The number of fused-ring (bicyclic) bond motifs is 2. The smallest absolute Gasteiger partial charge is 0.0967 e. The first-order valence-electron chi connectivity index (χ1n) is 10.0. The zero-order valence-electron chi connectivity index (χ0n) is 16.4. The van der Waals surface area contributed by atoms with Crippen molar-refractivity contribution in [3.05, 3.63) is 77.9 Å². The predicted molar refractivity (Wildman–Crippen MR) is 118 cm³/mol. The van der Waals surface area contributed by atoms with Crippen molar-refractivity contribution in [1.29, 1.82) is 0 Å². The predicted octanol–water partition coefficient (Wildman–Crippen LogP) is 5.07. The molecule has 0 spiro atoms. The maximum atomic E-state index is 6.13. The van der Waals surface area contributed by atoms with E-state index in [1.54, 1.807) is 12.4 Å². The van der Waals surface area contributed by atoms with Crippen molar-refractivity contribution in [2.45, 2.75) is 32.2 Å². The van der Waals surface area contributed by atoms with Crippen LogP contribution < -0.4 is 11.1 Å². The van der Waals surface area contributed by atoms with Gasteiger partial charge in [0, 0.05) is 35.4 Å². The molecule has 0 radical (unpaired) electrons. The van der Waals surface area contributed by atoms with E-state index in [0.717, 1.165) is 46.4 Å². The first-order valence-corrected chi connectivity index (χ1v) is 10.0. The molecular weight excluding hydrogens is 358 g/mol. The summed E-state index contributed by atoms with van der Waals surface area (Å²) in [5.41, 5.74) is 15.2. The van der Waals surface area contributed by atoms with Crippen LogP contribution in [0.3, 0.4) is 0 Å². The second kappa shape index (κ2) is 7.17. The molecule has 0 amide bonds. The Hall–Kier alpha value is -3.47. The maximum absolute atomic E-state index is 6.13. The SMILES string of the molecule is Cc1ncc(-c2cc(N[C@@H]3CCCc4ccccc43)cc3nccnc23)cc1N. The molecule has 4 aromatic rings. The Balaban J connectivity index is 1.60. The van der Waals surface area contributed by atoms with Crippen molar-refractivity contribution in [1.82, 2.24) is 15.0 Å². The van der Waals surface area contributed by atoms with Gasteiger partial charge in [-0.2, -0.15) is 0 Å². The van der Waals surface area contributed by atoms with Crippen LogP contribution in [-0.4, -0.2) is 15.0 Å². The molecule has 0 saturated heterocycles. The van der Waals surface area contributed by atoms with Crippen molar-refractivity contribution in [3.8, 4) is 11.1 Å². The summed E-state index contributed by atoms with van der Waals surface area (Å²) in [5, 5.41) is 3.75. The van der Waals surface area contributed by atoms with Crippen LogP contribution in [0.15, 0.2) is 61.1 Å². The Morgan fingerprint density at radius 3 is 2.79 bits per heavy atom. The molecule has 1 aliphatic rings. The fraction of sp³-hybridized carbons (Fsp3) is 0.208. The highest BCUT2D eigenvalue weighted by Gasteiger charge is 2.20. The maximum Gasteiger partial charge on any atom is 0.0967 e. The first kappa shape index (κ1) is 17.6. The molecule has 5 heteroatoms. The quantitative estimate of drug-likeness (QED) is 0.518. The molecule has 0 unspecified atom stereocenters. The van der Waals surface area contributed by atoms with Crippen LogP contribution in [0.5, 0.6) is 0 Å². The fourth-order valence-corrected chi connectivity index (χ4v) is 4.18. The van der Waals surface area contributed by atoms with E-state index in [1.165, 1.54) is 17.5 Å². The molecule has 2 aromatic heterocycles. The van der Waals surface area contributed by atoms with Gasteiger partial charge >= 0.3 is 0 Å². The summed E-state index contributed by atoms with van der Waals surface area (Å²) in [5.74, 6) is 0. The van der Waals surface area contributed by atoms with Crippen molar-refractivity contribution >= 4 is 22.4 Å². The van der Waals surface area contributed by atoms with Crippen molar-refractivity contribution < 1.29 is 0 Å². The lowest BCUT2D eigenvalue weighted by Crippen LogP contribution is -2.17. The van der Waals surface area contributed by atoms with E-state index in [4.69, 9.17) is 5.73 Å². The number of nitrogens with zero attached hydrogens (tertiary/aromatic N) is 3. The Kier molecular flexibility index (Phi) is 4.35. The minimum atomic E-state index is 0.295. The number of rotatable bonds is 3. The van der Waals surface area contributed by atoms with Gasteiger partial charge < -0.3 is 11.1 Å². The van der Waals surface area contributed by atoms with Crippen LogP contribution >= 0.6 is 0 Å². The number of aromatic nitrogens is 3. The Bertz CT molecular complexity index is 1200. The monoisotopic (exact) mass is 381 g/mol. The highest BCUT2D eigenvalue weighted by Crippen LogP contribution is 2.36. The molecule has 0 saturated carbocycles. The van der Waals surface area contributed by atoms with Crippen molar-refractivity contribution in [2.24, 2.45) is 0 Å². The number of hydrogen-bond donors (Lipinski definition) is 2. The third-order valence-corrected chi connectivity index (χ3v) is 5.72.